The van der Waals surface area contributed by atoms with E-state index in [1.807, 2.05) is 12.1 Å². The maximum Gasteiger partial charge on any atom is 0.276 e. The first kappa shape index (κ1) is 18.4. The largest absolute Gasteiger partial charge is 0.566 e. The second kappa shape index (κ2) is 7.46. The van der Waals surface area contributed by atoms with Crippen LogP contribution in [-0.2, 0) is 16.3 Å². The molecular formula is C15H10BrClFN3O2S2. The normalized spacial score (nSPS) is 17.2. The second-order valence-electron chi connectivity index (χ2n) is 4.92. The van der Waals surface area contributed by atoms with Gasteiger partial charge in [0.15, 0.2) is 5.70 Å². The topological polar surface area (TPSA) is 67.8 Å². The van der Waals surface area contributed by atoms with Crippen molar-refractivity contribution < 1.29 is 13.7 Å². The molecule has 25 heavy (non-hydrogen) atoms. The monoisotopic (exact) mass is 461 g/mol. The van der Waals surface area contributed by atoms with Gasteiger partial charge in [-0.05, 0) is 50.7 Å². The van der Waals surface area contributed by atoms with Crippen molar-refractivity contribution in [1.29, 1.82) is 0 Å². The van der Waals surface area contributed by atoms with Crippen molar-refractivity contribution in [3.8, 4) is 0 Å². The van der Waals surface area contributed by atoms with Gasteiger partial charge in [-0.25, -0.2) is 4.39 Å². The van der Waals surface area contributed by atoms with Crippen LogP contribution in [0.25, 0.3) is 0 Å². The number of hydrogen-bond donors (Lipinski definition) is 1. The zero-order valence-electron chi connectivity index (χ0n) is 12.6. The van der Waals surface area contributed by atoms with Gasteiger partial charge in [-0.1, -0.05) is 11.6 Å². The predicted octanol–water partition coefficient (Wildman–Crippen LogP) is 4.14. The zero-order valence-corrected chi connectivity index (χ0v) is 16.6. The van der Waals surface area contributed by atoms with Gasteiger partial charge < -0.3 is 9.87 Å². The molecule has 2 aromatic rings. The standard InChI is InChI=1S/C15H10BrClFN3O2S2/c1-21-12(15(22)19-8-2-3-10(18)9(17)6-8)7-11(20-25(21)23)13-4-5-14(16)24-13/h2-7H,1H3,(H,19,22). The molecule has 1 atom stereocenters. The number of thiophene rings is 1. The maximum atomic E-state index is 13.2. The highest BCUT2D eigenvalue weighted by Gasteiger charge is 2.30. The number of likely N-dealkylation sites (N-methyl/N-ethyl adjacent to an activating group) is 1. The highest BCUT2D eigenvalue weighted by molar-refractivity contribution is 9.11. The van der Waals surface area contributed by atoms with Crippen LogP contribution in [0.2, 0.25) is 5.02 Å². The summed E-state index contributed by atoms with van der Waals surface area (Å²) in [5.74, 6) is -1.07. The molecule has 3 rings (SSSR count). The maximum absolute atomic E-state index is 13.2. The van der Waals surface area contributed by atoms with E-state index in [1.54, 1.807) is 6.08 Å². The van der Waals surface area contributed by atoms with Gasteiger partial charge in [-0.15, -0.1) is 11.3 Å². The molecule has 1 aliphatic heterocycles. The molecule has 130 valence electrons. The summed E-state index contributed by atoms with van der Waals surface area (Å²) in [5, 5.41) is 2.51. The second-order valence-corrected chi connectivity index (χ2v) is 8.98. The summed E-state index contributed by atoms with van der Waals surface area (Å²) < 4.78 is 31.7. The lowest BCUT2D eigenvalue weighted by Gasteiger charge is -2.23. The van der Waals surface area contributed by atoms with Gasteiger partial charge >= 0.3 is 0 Å². The van der Waals surface area contributed by atoms with E-state index in [4.69, 9.17) is 11.6 Å². The average Bonchev–Trinajstić information content (AvgIpc) is 3.00. The summed E-state index contributed by atoms with van der Waals surface area (Å²) in [5.41, 5.74) is 0.960. The minimum Gasteiger partial charge on any atom is -0.566 e. The molecule has 1 amide bonds. The van der Waals surface area contributed by atoms with E-state index < -0.39 is 23.3 Å². The van der Waals surface area contributed by atoms with Gasteiger partial charge in [0.25, 0.3) is 5.91 Å². The molecule has 0 aliphatic carbocycles. The Morgan fingerprint density at radius 3 is 2.84 bits per heavy atom. The van der Waals surface area contributed by atoms with Crippen molar-refractivity contribution in [2.24, 2.45) is 4.40 Å². The first-order valence-electron chi connectivity index (χ1n) is 6.83. The number of carbonyl (C=O) groups excluding carboxylic acids is 1. The number of carbonyl (C=O) groups is 1. The van der Waals surface area contributed by atoms with E-state index in [-0.39, 0.29) is 10.7 Å². The van der Waals surface area contributed by atoms with Crippen molar-refractivity contribution in [3.63, 3.8) is 0 Å². The van der Waals surface area contributed by atoms with Gasteiger partial charge in [0.1, 0.15) is 11.5 Å². The van der Waals surface area contributed by atoms with Crippen LogP contribution in [0.4, 0.5) is 10.1 Å². The highest BCUT2D eigenvalue weighted by Crippen LogP contribution is 2.27. The Labute approximate surface area is 163 Å². The molecule has 1 aromatic heterocycles. The van der Waals surface area contributed by atoms with Crippen LogP contribution in [0.15, 0.2) is 50.3 Å². The Morgan fingerprint density at radius 2 is 2.20 bits per heavy atom. The van der Waals surface area contributed by atoms with E-state index >= 15 is 0 Å². The number of nitrogens with one attached hydrogen (secondary N) is 1. The summed E-state index contributed by atoms with van der Waals surface area (Å²) in [7, 11) is 1.50. The average molecular weight is 463 g/mol. The molecule has 1 aliphatic rings. The van der Waals surface area contributed by atoms with Crippen LogP contribution in [0.3, 0.4) is 0 Å². The van der Waals surface area contributed by atoms with E-state index in [0.29, 0.717) is 11.4 Å². The molecule has 1 N–H and O–H groups in total. The molecule has 1 unspecified atom stereocenters. The number of halogens is 3. The van der Waals surface area contributed by atoms with Gasteiger partial charge in [-0.3, -0.25) is 4.79 Å². The first-order valence-corrected chi connectivity index (χ1v) is 9.88. The Bertz CT molecular complexity index is 903. The Morgan fingerprint density at radius 1 is 1.44 bits per heavy atom. The molecule has 0 bridgehead atoms. The third-order valence-electron chi connectivity index (χ3n) is 3.26. The fraction of sp³-hybridized carbons (Fsp3) is 0.0667. The fourth-order valence-corrected chi connectivity index (χ4v) is 4.35. The Balaban J connectivity index is 1.87. The highest BCUT2D eigenvalue weighted by atomic mass is 79.9. The molecular weight excluding hydrogens is 453 g/mol. The predicted molar refractivity (Wildman–Crippen MR) is 103 cm³/mol. The number of hydrogen-bond acceptors (Lipinski definition) is 5. The summed E-state index contributed by atoms with van der Waals surface area (Å²) in [6.45, 7) is 0. The van der Waals surface area contributed by atoms with Crippen molar-refractivity contribution >= 4 is 67.7 Å². The van der Waals surface area contributed by atoms with E-state index in [2.05, 4.69) is 25.6 Å². The molecule has 2 heterocycles. The SMILES string of the molecule is CN1C(C(=O)Nc2ccc(F)c(Cl)c2)=CC(c2ccc(Br)s2)=N[S+]1[O-]. The lowest BCUT2D eigenvalue weighted by atomic mass is 10.2. The molecule has 0 radical (unpaired) electrons. The van der Waals surface area contributed by atoms with E-state index in [1.165, 1.54) is 34.8 Å². The molecule has 10 heteroatoms. The molecule has 0 spiro atoms. The van der Waals surface area contributed by atoms with E-state index in [9.17, 15) is 13.7 Å². The Kier molecular flexibility index (Phi) is 5.49. The summed E-state index contributed by atoms with van der Waals surface area (Å²) in [6, 6.07) is 7.52. The lowest BCUT2D eigenvalue weighted by Crippen LogP contribution is -2.35. The number of allylic oxidation sites excluding steroid dienone is 1. The summed E-state index contributed by atoms with van der Waals surface area (Å²) >= 11 is 8.77. The molecule has 0 saturated carbocycles. The smallest absolute Gasteiger partial charge is 0.276 e. The number of benzene rings is 1. The Hall–Kier alpha value is -1.39. The van der Waals surface area contributed by atoms with Gasteiger partial charge in [-0.2, -0.15) is 4.31 Å². The minimum atomic E-state index is -1.73. The minimum absolute atomic E-state index is 0.0990. The molecule has 1 aromatic carbocycles. The number of rotatable bonds is 3. The van der Waals surface area contributed by atoms with Crippen LogP contribution in [0.5, 0.6) is 0 Å². The van der Waals surface area contributed by atoms with Gasteiger partial charge in [0.05, 0.1) is 20.7 Å². The number of anilines is 1. The van der Waals surface area contributed by atoms with Gasteiger partial charge in [0.2, 0.25) is 11.5 Å². The van der Waals surface area contributed by atoms with Crippen molar-refractivity contribution in [2.75, 3.05) is 12.4 Å². The third-order valence-corrected chi connectivity index (χ3v) is 6.21. The molecule has 0 fully saturated rings. The van der Waals surface area contributed by atoms with Crippen LogP contribution in [-0.4, -0.2) is 27.5 Å². The van der Waals surface area contributed by atoms with E-state index in [0.717, 1.165) is 14.7 Å². The fourth-order valence-electron chi connectivity index (χ4n) is 2.02. The van der Waals surface area contributed by atoms with Crippen molar-refractivity contribution in [3.05, 3.63) is 61.6 Å². The van der Waals surface area contributed by atoms with Crippen molar-refractivity contribution in [2.45, 2.75) is 0 Å². The van der Waals surface area contributed by atoms with Crippen molar-refractivity contribution in [1.82, 2.24) is 4.31 Å². The number of nitrogens with zero attached hydrogens (tertiary/aromatic N) is 2. The van der Waals surface area contributed by atoms with Crippen LogP contribution < -0.4 is 5.32 Å². The summed E-state index contributed by atoms with van der Waals surface area (Å²) in [4.78, 5) is 13.3. The van der Waals surface area contributed by atoms with Crippen LogP contribution in [0, 0.1) is 5.82 Å². The first-order chi connectivity index (χ1) is 11.8. The molecule has 5 nitrogen and oxygen atoms in total. The third kappa shape index (κ3) is 4.06. The van der Waals surface area contributed by atoms with Crippen LogP contribution >= 0.6 is 38.9 Å². The molecule has 0 saturated heterocycles. The van der Waals surface area contributed by atoms with Crippen LogP contribution in [0.1, 0.15) is 4.88 Å². The quantitative estimate of drug-likeness (QED) is 0.697. The zero-order chi connectivity index (χ0) is 18.1. The van der Waals surface area contributed by atoms with Gasteiger partial charge in [0, 0.05) is 11.8 Å². The number of amides is 1. The summed E-state index contributed by atoms with van der Waals surface area (Å²) in [6.07, 6.45) is 1.56. The lowest BCUT2D eigenvalue weighted by molar-refractivity contribution is -0.113.